The van der Waals surface area contributed by atoms with Gasteiger partial charge in [0, 0.05) is 12.5 Å². The van der Waals surface area contributed by atoms with Crippen molar-refractivity contribution in [2.24, 2.45) is 0 Å². The molecule has 1 amide bonds. The van der Waals surface area contributed by atoms with Gasteiger partial charge in [0.2, 0.25) is 5.91 Å². The van der Waals surface area contributed by atoms with E-state index in [4.69, 9.17) is 10.8 Å². The Hall–Kier alpha value is -1.92. The van der Waals surface area contributed by atoms with Crippen molar-refractivity contribution in [1.29, 1.82) is 0 Å². The Morgan fingerprint density at radius 1 is 1.41 bits per heavy atom. The second kappa shape index (κ2) is 4.94. The molecule has 1 rings (SSSR count). The lowest BCUT2D eigenvalue weighted by Crippen LogP contribution is -2.17. The largest absolute Gasteiger partial charge is 0.508 e. The molecule has 0 saturated carbocycles. The second-order valence-electron chi connectivity index (χ2n) is 3.43. The summed E-state index contributed by atoms with van der Waals surface area (Å²) in [6, 6.07) is 3.78. The minimum atomic E-state index is -4.36. The van der Waals surface area contributed by atoms with E-state index in [9.17, 15) is 18.0 Å². The molecule has 0 aliphatic rings. The third kappa shape index (κ3) is 4.62. The first-order valence-electron chi connectivity index (χ1n) is 4.73. The first-order valence-corrected chi connectivity index (χ1v) is 4.73. The molecule has 0 aromatic heterocycles. The molecule has 17 heavy (non-hydrogen) atoms. The molecule has 0 fully saturated rings. The molecule has 4 N–H and O–H groups in total. The molecule has 0 bridgehead atoms. The van der Waals surface area contributed by atoms with Crippen LogP contribution in [0.5, 0.6) is 5.75 Å². The van der Waals surface area contributed by atoms with Gasteiger partial charge in [-0.15, -0.1) is 0 Å². The fraction of sp³-hybridized carbons (Fsp3) is 0.300. The molecular formula is C10H11F3N2O2. The van der Waals surface area contributed by atoms with Crippen LogP contribution in [0, 0.1) is 0 Å². The molecule has 4 nitrogen and oxygen atoms in total. The molecule has 0 atom stereocenters. The van der Waals surface area contributed by atoms with E-state index in [0.717, 1.165) is 0 Å². The van der Waals surface area contributed by atoms with Crippen LogP contribution < -0.4 is 11.1 Å². The number of phenols is 1. The second-order valence-corrected chi connectivity index (χ2v) is 3.43. The zero-order valence-corrected chi connectivity index (χ0v) is 8.71. The van der Waals surface area contributed by atoms with E-state index in [1.54, 1.807) is 0 Å². The van der Waals surface area contributed by atoms with Crippen molar-refractivity contribution in [3.63, 3.8) is 0 Å². The number of nitrogen functional groups attached to an aromatic ring is 1. The lowest BCUT2D eigenvalue weighted by atomic mass is 10.2. The van der Waals surface area contributed by atoms with Crippen LogP contribution in [0.2, 0.25) is 0 Å². The lowest BCUT2D eigenvalue weighted by molar-refractivity contribution is -0.142. The Kier molecular flexibility index (Phi) is 3.82. The number of carbonyl (C=O) groups is 1. The Morgan fingerprint density at radius 2 is 2.06 bits per heavy atom. The third-order valence-corrected chi connectivity index (χ3v) is 1.94. The number of rotatable bonds is 3. The Labute approximate surface area is 95.2 Å². The number of aromatic hydroxyl groups is 1. The predicted octanol–water partition coefficient (Wildman–Crippen LogP) is 2.26. The maximum Gasteiger partial charge on any atom is 0.389 e. The molecule has 1 aromatic carbocycles. The zero-order valence-electron chi connectivity index (χ0n) is 8.71. The van der Waals surface area contributed by atoms with Crippen molar-refractivity contribution in [2.45, 2.75) is 19.0 Å². The summed E-state index contributed by atoms with van der Waals surface area (Å²) in [7, 11) is 0. The quantitative estimate of drug-likeness (QED) is 0.567. The normalized spacial score (nSPS) is 11.2. The van der Waals surface area contributed by atoms with Crippen LogP contribution in [0.15, 0.2) is 18.2 Å². The van der Waals surface area contributed by atoms with E-state index in [1.807, 2.05) is 0 Å². The van der Waals surface area contributed by atoms with Crippen LogP contribution >= 0.6 is 0 Å². The van der Waals surface area contributed by atoms with Gasteiger partial charge in [0.25, 0.3) is 0 Å². The first kappa shape index (κ1) is 13.1. The Balaban J connectivity index is 2.57. The average molecular weight is 248 g/mol. The van der Waals surface area contributed by atoms with Crippen molar-refractivity contribution in [3.8, 4) is 5.75 Å². The summed E-state index contributed by atoms with van der Waals surface area (Å²) >= 11 is 0. The predicted molar refractivity (Wildman–Crippen MR) is 56.4 cm³/mol. The maximum atomic E-state index is 11.8. The van der Waals surface area contributed by atoms with Gasteiger partial charge in [-0.3, -0.25) is 4.79 Å². The molecule has 0 saturated heterocycles. The number of anilines is 2. The van der Waals surface area contributed by atoms with Crippen molar-refractivity contribution in [3.05, 3.63) is 18.2 Å². The van der Waals surface area contributed by atoms with E-state index in [0.29, 0.717) is 0 Å². The minimum Gasteiger partial charge on any atom is -0.508 e. The molecule has 0 heterocycles. The van der Waals surface area contributed by atoms with Gasteiger partial charge in [-0.1, -0.05) is 0 Å². The van der Waals surface area contributed by atoms with E-state index in [-0.39, 0.29) is 17.1 Å². The van der Waals surface area contributed by atoms with Gasteiger partial charge < -0.3 is 16.2 Å². The Morgan fingerprint density at radius 3 is 2.59 bits per heavy atom. The summed E-state index contributed by atoms with van der Waals surface area (Å²) in [6.07, 6.45) is -6.21. The highest BCUT2D eigenvalue weighted by molar-refractivity contribution is 5.93. The van der Waals surface area contributed by atoms with Gasteiger partial charge in [0.15, 0.2) is 0 Å². The van der Waals surface area contributed by atoms with Crippen molar-refractivity contribution in [1.82, 2.24) is 0 Å². The van der Waals surface area contributed by atoms with E-state index < -0.39 is 24.9 Å². The monoisotopic (exact) mass is 248 g/mol. The van der Waals surface area contributed by atoms with E-state index in [1.165, 1.54) is 18.2 Å². The number of alkyl halides is 3. The first-order chi connectivity index (χ1) is 7.78. The number of nitrogens with two attached hydrogens (primary N) is 1. The number of benzene rings is 1. The van der Waals surface area contributed by atoms with Gasteiger partial charge >= 0.3 is 6.18 Å². The zero-order chi connectivity index (χ0) is 13.1. The number of phenolic OH excluding ortho intramolecular Hbond substituents is 1. The van der Waals surface area contributed by atoms with Crippen LogP contribution in [-0.2, 0) is 4.79 Å². The molecule has 0 unspecified atom stereocenters. The molecular weight excluding hydrogens is 237 g/mol. The average Bonchev–Trinajstić information content (AvgIpc) is 2.18. The summed E-state index contributed by atoms with van der Waals surface area (Å²) in [4.78, 5) is 11.2. The molecule has 0 radical (unpaired) electrons. The highest BCUT2D eigenvalue weighted by Crippen LogP contribution is 2.25. The number of carbonyl (C=O) groups excluding carboxylic acids is 1. The van der Waals surface area contributed by atoms with E-state index in [2.05, 4.69) is 5.32 Å². The highest BCUT2D eigenvalue weighted by Gasteiger charge is 2.27. The molecule has 0 spiro atoms. The van der Waals surface area contributed by atoms with Gasteiger partial charge in [-0.25, -0.2) is 0 Å². The number of hydrogen-bond acceptors (Lipinski definition) is 3. The van der Waals surface area contributed by atoms with E-state index >= 15 is 0 Å². The third-order valence-electron chi connectivity index (χ3n) is 1.94. The van der Waals surface area contributed by atoms with Crippen LogP contribution in [0.25, 0.3) is 0 Å². The van der Waals surface area contributed by atoms with Crippen LogP contribution in [-0.4, -0.2) is 17.2 Å². The number of nitrogens with one attached hydrogen (secondary N) is 1. The number of amides is 1. The van der Waals surface area contributed by atoms with Gasteiger partial charge in [-0.05, 0) is 12.1 Å². The van der Waals surface area contributed by atoms with Crippen LogP contribution in [0.4, 0.5) is 24.5 Å². The topological polar surface area (TPSA) is 75.3 Å². The standard InChI is InChI=1S/C10H11F3N2O2/c11-10(12,13)4-3-9(17)15-8-2-1-6(16)5-7(8)14/h1-2,5,16H,3-4,14H2,(H,15,17). The number of halogens is 3. The van der Waals surface area contributed by atoms with Crippen molar-refractivity contribution in [2.75, 3.05) is 11.1 Å². The fourth-order valence-corrected chi connectivity index (χ4v) is 1.13. The van der Waals surface area contributed by atoms with Crippen molar-refractivity contribution < 1.29 is 23.1 Å². The highest BCUT2D eigenvalue weighted by atomic mass is 19.4. The molecule has 94 valence electrons. The van der Waals surface area contributed by atoms with Crippen LogP contribution in [0.3, 0.4) is 0 Å². The lowest BCUT2D eigenvalue weighted by Gasteiger charge is -2.09. The molecule has 0 aliphatic heterocycles. The SMILES string of the molecule is Nc1cc(O)ccc1NC(=O)CCC(F)(F)F. The summed E-state index contributed by atoms with van der Waals surface area (Å²) in [5.41, 5.74) is 5.72. The fourth-order valence-electron chi connectivity index (χ4n) is 1.13. The molecule has 0 aliphatic carbocycles. The van der Waals surface area contributed by atoms with Crippen molar-refractivity contribution >= 4 is 17.3 Å². The minimum absolute atomic E-state index is 0.0872. The van der Waals surface area contributed by atoms with Gasteiger partial charge in [0.1, 0.15) is 5.75 Å². The number of hydrogen-bond donors (Lipinski definition) is 3. The maximum absolute atomic E-state index is 11.8. The smallest absolute Gasteiger partial charge is 0.389 e. The van der Waals surface area contributed by atoms with Crippen LogP contribution in [0.1, 0.15) is 12.8 Å². The van der Waals surface area contributed by atoms with Gasteiger partial charge in [0.05, 0.1) is 17.8 Å². The molecule has 7 heteroatoms. The Bertz CT molecular complexity index is 419. The molecule has 1 aromatic rings. The summed E-state index contributed by atoms with van der Waals surface area (Å²) in [6.45, 7) is 0. The summed E-state index contributed by atoms with van der Waals surface area (Å²) in [5.74, 6) is -0.865. The summed E-state index contributed by atoms with van der Waals surface area (Å²) < 4.78 is 35.5. The van der Waals surface area contributed by atoms with Gasteiger partial charge in [-0.2, -0.15) is 13.2 Å². The summed E-state index contributed by atoms with van der Waals surface area (Å²) in [5, 5.41) is 11.3.